The number of nitrogens with zero attached hydrogens (tertiary/aromatic N) is 3. The van der Waals surface area contributed by atoms with Gasteiger partial charge in [0.15, 0.2) is 0 Å². The molecule has 1 aromatic heterocycles. The van der Waals surface area contributed by atoms with Gasteiger partial charge in [-0.25, -0.2) is 4.79 Å². The maximum atomic E-state index is 12.0. The van der Waals surface area contributed by atoms with Crippen LogP contribution in [0, 0.1) is 0 Å². The van der Waals surface area contributed by atoms with E-state index in [2.05, 4.69) is 31.5 Å². The molecule has 0 spiro atoms. The molecule has 2 atom stereocenters. The molecular formula is C17H20ClN5O. The molecule has 24 heavy (non-hydrogen) atoms. The predicted octanol–water partition coefficient (Wildman–Crippen LogP) is 2.28. The van der Waals surface area contributed by atoms with Crippen molar-refractivity contribution < 1.29 is 4.79 Å². The van der Waals surface area contributed by atoms with E-state index in [1.807, 2.05) is 18.2 Å². The number of aromatic nitrogens is 3. The van der Waals surface area contributed by atoms with E-state index in [-0.39, 0.29) is 12.1 Å². The molecule has 2 aliphatic rings. The molecule has 2 N–H and O–H groups in total. The zero-order valence-corrected chi connectivity index (χ0v) is 14.1. The van der Waals surface area contributed by atoms with Crippen molar-refractivity contribution in [3.8, 4) is 0 Å². The standard InChI is InChI=1S/C17H20ClN5O/c18-12-4-1-3-11(9-12)13-10-14(13)20-17(24)19-7-6-16-22-21-15-5-2-8-23(15)16/h1,3-4,9,13-14H,2,5-8,10H2,(H2,19,20,24)/t13-,14+/m0/s1. The maximum Gasteiger partial charge on any atom is 0.315 e. The summed E-state index contributed by atoms with van der Waals surface area (Å²) in [5.74, 6) is 2.40. The fourth-order valence-corrected chi connectivity index (χ4v) is 3.56. The second-order valence-corrected chi connectivity index (χ2v) is 6.88. The molecule has 1 aliphatic carbocycles. The molecule has 1 saturated carbocycles. The van der Waals surface area contributed by atoms with Gasteiger partial charge in [0.05, 0.1) is 0 Å². The van der Waals surface area contributed by atoms with Crippen molar-refractivity contribution in [2.75, 3.05) is 6.54 Å². The van der Waals surface area contributed by atoms with Crippen molar-refractivity contribution in [2.24, 2.45) is 0 Å². The third-order valence-corrected chi connectivity index (χ3v) is 4.94. The molecule has 0 saturated heterocycles. The minimum atomic E-state index is -0.120. The van der Waals surface area contributed by atoms with Crippen LogP contribution >= 0.6 is 11.6 Å². The first-order valence-electron chi connectivity index (χ1n) is 8.41. The molecule has 2 amide bonds. The summed E-state index contributed by atoms with van der Waals surface area (Å²) in [6.07, 6.45) is 3.82. The number of carbonyl (C=O) groups excluding carboxylic acids is 1. The summed E-state index contributed by atoms with van der Waals surface area (Å²) in [7, 11) is 0. The number of hydrogen-bond donors (Lipinski definition) is 2. The van der Waals surface area contributed by atoms with Crippen LogP contribution in [-0.4, -0.2) is 33.4 Å². The number of fused-ring (bicyclic) bond motifs is 1. The molecule has 2 aromatic rings. The van der Waals surface area contributed by atoms with Crippen LogP contribution in [0.3, 0.4) is 0 Å². The Morgan fingerprint density at radius 3 is 3.17 bits per heavy atom. The van der Waals surface area contributed by atoms with E-state index >= 15 is 0 Å². The van der Waals surface area contributed by atoms with Crippen molar-refractivity contribution >= 4 is 17.6 Å². The van der Waals surface area contributed by atoms with Gasteiger partial charge in [0.25, 0.3) is 0 Å². The van der Waals surface area contributed by atoms with E-state index in [0.29, 0.717) is 18.9 Å². The lowest BCUT2D eigenvalue weighted by molar-refractivity contribution is 0.240. The Kier molecular flexibility index (Phi) is 4.14. The minimum Gasteiger partial charge on any atom is -0.338 e. The summed E-state index contributed by atoms with van der Waals surface area (Å²) < 4.78 is 2.16. The van der Waals surface area contributed by atoms with E-state index in [1.165, 1.54) is 5.56 Å². The Hall–Kier alpha value is -2.08. The first-order valence-corrected chi connectivity index (χ1v) is 8.79. The smallest absolute Gasteiger partial charge is 0.315 e. The SMILES string of the molecule is O=C(NCCc1nnc2n1CCC2)N[C@@H]1C[C@H]1c1cccc(Cl)c1. The van der Waals surface area contributed by atoms with Crippen LogP contribution < -0.4 is 10.6 Å². The average Bonchev–Trinajstić information content (AvgIpc) is 2.99. The number of hydrogen-bond acceptors (Lipinski definition) is 3. The fourth-order valence-electron chi connectivity index (χ4n) is 3.36. The van der Waals surface area contributed by atoms with E-state index in [9.17, 15) is 4.79 Å². The predicted molar refractivity (Wildman–Crippen MR) is 91.2 cm³/mol. The molecular weight excluding hydrogens is 326 g/mol. The number of benzene rings is 1. The molecule has 4 rings (SSSR count). The average molecular weight is 346 g/mol. The largest absolute Gasteiger partial charge is 0.338 e. The Bertz CT molecular complexity index is 759. The number of nitrogens with one attached hydrogen (secondary N) is 2. The Morgan fingerprint density at radius 1 is 1.38 bits per heavy atom. The first-order chi connectivity index (χ1) is 11.7. The zero-order chi connectivity index (χ0) is 16.5. The van der Waals surface area contributed by atoms with Crippen LogP contribution in [0.5, 0.6) is 0 Å². The lowest BCUT2D eigenvalue weighted by Crippen LogP contribution is -2.38. The molecule has 126 valence electrons. The minimum absolute atomic E-state index is 0.120. The van der Waals surface area contributed by atoms with E-state index in [1.54, 1.807) is 0 Å². The summed E-state index contributed by atoms with van der Waals surface area (Å²) in [5, 5.41) is 15.0. The van der Waals surface area contributed by atoms with Gasteiger partial charge in [0, 0.05) is 42.9 Å². The summed E-state index contributed by atoms with van der Waals surface area (Å²) in [6, 6.07) is 7.92. The number of urea groups is 1. The Balaban J connectivity index is 1.22. The number of rotatable bonds is 5. The second kappa shape index (κ2) is 6.43. The molecule has 0 bridgehead atoms. The summed E-state index contributed by atoms with van der Waals surface area (Å²) in [6.45, 7) is 1.56. The second-order valence-electron chi connectivity index (χ2n) is 6.44. The highest BCUT2D eigenvalue weighted by Crippen LogP contribution is 2.41. The summed E-state index contributed by atoms with van der Waals surface area (Å²) >= 11 is 6.02. The normalized spacial score (nSPS) is 21.4. The fraction of sp³-hybridized carbons (Fsp3) is 0.471. The van der Waals surface area contributed by atoms with E-state index in [0.717, 1.165) is 42.5 Å². The van der Waals surface area contributed by atoms with Crippen LogP contribution in [-0.2, 0) is 19.4 Å². The van der Waals surface area contributed by atoms with Crippen LogP contribution in [0.15, 0.2) is 24.3 Å². The van der Waals surface area contributed by atoms with Crippen molar-refractivity contribution in [3.05, 3.63) is 46.5 Å². The lowest BCUT2D eigenvalue weighted by atomic mass is 10.1. The highest BCUT2D eigenvalue weighted by Gasteiger charge is 2.39. The third-order valence-electron chi connectivity index (χ3n) is 4.70. The third kappa shape index (κ3) is 3.24. The van der Waals surface area contributed by atoms with Gasteiger partial charge in [0.2, 0.25) is 0 Å². The van der Waals surface area contributed by atoms with Gasteiger partial charge in [0.1, 0.15) is 11.6 Å². The Morgan fingerprint density at radius 2 is 2.29 bits per heavy atom. The van der Waals surface area contributed by atoms with E-state index in [4.69, 9.17) is 11.6 Å². The van der Waals surface area contributed by atoms with Gasteiger partial charge in [-0.2, -0.15) is 0 Å². The molecule has 7 heteroatoms. The van der Waals surface area contributed by atoms with Crippen molar-refractivity contribution in [1.29, 1.82) is 0 Å². The van der Waals surface area contributed by atoms with Gasteiger partial charge >= 0.3 is 6.03 Å². The highest BCUT2D eigenvalue weighted by atomic mass is 35.5. The van der Waals surface area contributed by atoms with Gasteiger partial charge in [-0.15, -0.1) is 10.2 Å². The van der Waals surface area contributed by atoms with E-state index < -0.39 is 0 Å². The van der Waals surface area contributed by atoms with Crippen molar-refractivity contribution in [2.45, 2.75) is 44.2 Å². The van der Waals surface area contributed by atoms with Gasteiger partial charge in [-0.05, 0) is 30.5 Å². The molecule has 0 unspecified atom stereocenters. The maximum absolute atomic E-state index is 12.0. The lowest BCUT2D eigenvalue weighted by Gasteiger charge is -2.08. The van der Waals surface area contributed by atoms with Crippen LogP contribution in [0.4, 0.5) is 4.79 Å². The molecule has 1 aromatic carbocycles. The van der Waals surface area contributed by atoms with Crippen LogP contribution in [0.25, 0.3) is 0 Å². The molecule has 6 nitrogen and oxygen atoms in total. The summed E-state index contributed by atoms with van der Waals surface area (Å²) in [4.78, 5) is 12.0. The van der Waals surface area contributed by atoms with Crippen molar-refractivity contribution in [1.82, 2.24) is 25.4 Å². The Labute approximate surface area is 145 Å². The molecule has 1 aliphatic heterocycles. The van der Waals surface area contributed by atoms with Crippen molar-refractivity contribution in [3.63, 3.8) is 0 Å². The molecule has 2 heterocycles. The van der Waals surface area contributed by atoms with Gasteiger partial charge in [-0.1, -0.05) is 23.7 Å². The molecule has 0 radical (unpaired) electrons. The number of aryl methyl sites for hydroxylation is 1. The van der Waals surface area contributed by atoms with Crippen LogP contribution in [0.2, 0.25) is 5.02 Å². The number of amides is 2. The highest BCUT2D eigenvalue weighted by molar-refractivity contribution is 6.30. The quantitative estimate of drug-likeness (QED) is 0.873. The van der Waals surface area contributed by atoms with Gasteiger partial charge in [-0.3, -0.25) is 0 Å². The summed E-state index contributed by atoms with van der Waals surface area (Å²) in [5.41, 5.74) is 1.19. The first kappa shape index (κ1) is 15.4. The van der Waals surface area contributed by atoms with Gasteiger partial charge < -0.3 is 15.2 Å². The molecule has 1 fully saturated rings. The van der Waals surface area contributed by atoms with Crippen LogP contribution in [0.1, 0.15) is 36.0 Å². The zero-order valence-electron chi connectivity index (χ0n) is 13.3. The number of carbonyl (C=O) groups is 1. The monoisotopic (exact) mass is 345 g/mol. The number of halogens is 1. The topological polar surface area (TPSA) is 71.8 Å².